The van der Waals surface area contributed by atoms with Crippen LogP contribution in [0.4, 0.5) is 11.4 Å². The van der Waals surface area contributed by atoms with Gasteiger partial charge in [0.15, 0.2) is 5.17 Å². The topological polar surface area (TPSA) is 75.8 Å². The van der Waals surface area contributed by atoms with Crippen molar-refractivity contribution in [2.75, 3.05) is 0 Å². The van der Waals surface area contributed by atoms with Gasteiger partial charge in [-0.2, -0.15) is 0 Å². The van der Waals surface area contributed by atoms with Crippen LogP contribution in [-0.2, 0) is 11.3 Å². The molecular formula is C25H21N3O3S. The molecule has 0 aliphatic carbocycles. The number of hydrogen-bond acceptors (Lipinski definition) is 5. The summed E-state index contributed by atoms with van der Waals surface area (Å²) in [6, 6.07) is 22.5. The maximum absolute atomic E-state index is 13.3. The van der Waals surface area contributed by atoms with Crippen LogP contribution in [0.15, 0.2) is 82.7 Å². The van der Waals surface area contributed by atoms with E-state index in [-0.39, 0.29) is 11.6 Å². The monoisotopic (exact) mass is 443 g/mol. The second kappa shape index (κ2) is 9.20. The molecule has 7 heteroatoms. The molecule has 0 aromatic heterocycles. The van der Waals surface area contributed by atoms with Crippen LogP contribution in [0, 0.1) is 24.0 Å². The Labute approximate surface area is 190 Å². The van der Waals surface area contributed by atoms with Crippen LogP contribution in [0.1, 0.15) is 22.3 Å². The van der Waals surface area contributed by atoms with E-state index in [0.29, 0.717) is 27.7 Å². The number of amidine groups is 1. The van der Waals surface area contributed by atoms with Gasteiger partial charge >= 0.3 is 0 Å². The van der Waals surface area contributed by atoms with Crippen molar-refractivity contribution in [3.8, 4) is 0 Å². The van der Waals surface area contributed by atoms with Crippen LogP contribution < -0.4 is 0 Å². The Hall–Kier alpha value is -3.71. The molecule has 3 aromatic carbocycles. The minimum absolute atomic E-state index is 0.0319. The molecule has 0 radical (unpaired) electrons. The number of hydrogen-bond donors (Lipinski definition) is 0. The fourth-order valence-corrected chi connectivity index (χ4v) is 4.29. The minimum atomic E-state index is -0.410. The molecule has 1 amide bonds. The number of thioether (sulfide) groups is 1. The van der Waals surface area contributed by atoms with Crippen LogP contribution >= 0.6 is 11.8 Å². The first-order chi connectivity index (χ1) is 15.4. The molecule has 0 N–H and O–H groups in total. The average molecular weight is 444 g/mol. The number of carbonyl (C=O) groups excluding carboxylic acids is 1. The van der Waals surface area contributed by atoms with Crippen LogP contribution in [0.25, 0.3) is 6.08 Å². The second-order valence-electron chi connectivity index (χ2n) is 7.52. The van der Waals surface area contributed by atoms with Crippen LogP contribution in [0.2, 0.25) is 0 Å². The first-order valence-electron chi connectivity index (χ1n) is 10.1. The van der Waals surface area contributed by atoms with Crippen molar-refractivity contribution in [1.29, 1.82) is 0 Å². The Bertz CT molecular complexity index is 1240. The quantitative estimate of drug-likeness (QED) is 0.275. The molecule has 3 aromatic rings. The lowest BCUT2D eigenvalue weighted by Gasteiger charge is -2.15. The number of nitro groups is 1. The third kappa shape index (κ3) is 4.78. The van der Waals surface area contributed by atoms with Gasteiger partial charge in [0.25, 0.3) is 11.6 Å². The average Bonchev–Trinajstić information content (AvgIpc) is 3.06. The van der Waals surface area contributed by atoms with Crippen molar-refractivity contribution in [2.24, 2.45) is 4.99 Å². The molecule has 4 rings (SSSR count). The summed E-state index contributed by atoms with van der Waals surface area (Å²) in [5.41, 5.74) is 4.10. The van der Waals surface area contributed by atoms with Gasteiger partial charge in [0.1, 0.15) is 0 Å². The van der Waals surface area contributed by atoms with Crippen molar-refractivity contribution in [1.82, 2.24) is 4.90 Å². The summed E-state index contributed by atoms with van der Waals surface area (Å²) in [4.78, 5) is 31.0. The highest BCUT2D eigenvalue weighted by Crippen LogP contribution is 2.35. The van der Waals surface area contributed by atoms with E-state index in [9.17, 15) is 14.9 Å². The zero-order valence-corrected chi connectivity index (χ0v) is 18.5. The molecule has 0 saturated carbocycles. The van der Waals surface area contributed by atoms with Gasteiger partial charge in [0.05, 0.1) is 22.1 Å². The predicted octanol–water partition coefficient (Wildman–Crippen LogP) is 6.02. The fraction of sp³-hybridized carbons (Fsp3) is 0.120. The van der Waals surface area contributed by atoms with Crippen LogP contribution in [0.3, 0.4) is 0 Å². The molecule has 32 heavy (non-hydrogen) atoms. The lowest BCUT2D eigenvalue weighted by atomic mass is 10.1. The summed E-state index contributed by atoms with van der Waals surface area (Å²) in [6.07, 6.45) is 1.69. The van der Waals surface area contributed by atoms with E-state index in [0.717, 1.165) is 16.8 Å². The van der Waals surface area contributed by atoms with Crippen LogP contribution in [0.5, 0.6) is 0 Å². The van der Waals surface area contributed by atoms with Gasteiger partial charge in [0.2, 0.25) is 0 Å². The van der Waals surface area contributed by atoms with E-state index in [4.69, 9.17) is 4.99 Å². The molecule has 1 fully saturated rings. The van der Waals surface area contributed by atoms with Gasteiger partial charge in [0, 0.05) is 11.6 Å². The maximum atomic E-state index is 13.3. The van der Waals surface area contributed by atoms with Crippen molar-refractivity contribution in [3.05, 3.63) is 110 Å². The molecule has 160 valence electrons. The molecular weight excluding hydrogens is 422 g/mol. The number of carbonyl (C=O) groups is 1. The summed E-state index contributed by atoms with van der Waals surface area (Å²) in [5.74, 6) is -0.173. The number of nitrogens with zero attached hydrogens (tertiary/aromatic N) is 3. The van der Waals surface area contributed by atoms with E-state index in [1.807, 2.05) is 61.5 Å². The summed E-state index contributed by atoms with van der Waals surface area (Å²) in [5, 5.41) is 11.9. The highest BCUT2D eigenvalue weighted by Gasteiger charge is 2.33. The Morgan fingerprint density at radius 3 is 2.44 bits per heavy atom. The highest BCUT2D eigenvalue weighted by atomic mass is 32.2. The molecule has 0 spiro atoms. The smallest absolute Gasteiger partial charge is 0.272 e. The predicted molar refractivity (Wildman–Crippen MR) is 129 cm³/mol. The van der Waals surface area contributed by atoms with Crippen LogP contribution in [-0.4, -0.2) is 20.9 Å². The van der Waals surface area contributed by atoms with Crippen molar-refractivity contribution in [2.45, 2.75) is 20.4 Å². The standard InChI is InChI=1S/C25H21N3O3S/c1-17-8-12-21(13-9-17)26-25-27(16-19-6-4-3-5-7-19)24(29)23(32-25)15-20-11-10-18(2)22(14-20)28(30)31/h3-15H,16H2,1-2H3/b23-15+,26-25?. The van der Waals surface area contributed by atoms with Crippen molar-refractivity contribution >= 4 is 40.3 Å². The summed E-state index contributed by atoms with van der Waals surface area (Å²) in [6.45, 7) is 4.09. The third-order valence-electron chi connectivity index (χ3n) is 5.06. The molecule has 0 atom stereocenters. The Balaban J connectivity index is 1.71. The van der Waals surface area contributed by atoms with Gasteiger partial charge < -0.3 is 0 Å². The number of aliphatic imine (C=N–C) groups is 1. The maximum Gasteiger partial charge on any atom is 0.272 e. The first-order valence-corrected chi connectivity index (χ1v) is 10.9. The molecule has 6 nitrogen and oxygen atoms in total. The minimum Gasteiger partial charge on any atom is -0.282 e. The third-order valence-corrected chi connectivity index (χ3v) is 6.06. The molecule has 0 bridgehead atoms. The Kier molecular flexibility index (Phi) is 6.18. The van der Waals surface area contributed by atoms with Gasteiger partial charge in [-0.1, -0.05) is 60.2 Å². The number of rotatable bonds is 5. The SMILES string of the molecule is Cc1ccc(N=C2S/C(=C/c3ccc(C)c([N+](=O)[O-])c3)C(=O)N2Cc2ccccc2)cc1. The van der Waals surface area contributed by atoms with E-state index < -0.39 is 4.92 Å². The first kappa shape index (κ1) is 21.5. The molecule has 0 unspecified atom stereocenters. The second-order valence-corrected chi connectivity index (χ2v) is 8.53. The van der Waals surface area contributed by atoms with E-state index in [2.05, 4.69) is 0 Å². The Morgan fingerprint density at radius 2 is 1.75 bits per heavy atom. The van der Waals surface area contributed by atoms with E-state index in [1.54, 1.807) is 30.0 Å². The zero-order chi connectivity index (χ0) is 22.7. The molecule has 1 aliphatic rings. The Morgan fingerprint density at radius 1 is 1.03 bits per heavy atom. The number of aryl methyl sites for hydroxylation is 2. The summed E-state index contributed by atoms with van der Waals surface area (Å²) in [7, 11) is 0. The lowest BCUT2D eigenvalue weighted by Crippen LogP contribution is -2.28. The number of benzene rings is 3. The van der Waals surface area contributed by atoms with E-state index >= 15 is 0 Å². The van der Waals surface area contributed by atoms with Gasteiger partial charge in [-0.25, -0.2) is 4.99 Å². The highest BCUT2D eigenvalue weighted by molar-refractivity contribution is 8.18. The molecule has 1 heterocycles. The summed E-state index contributed by atoms with van der Waals surface area (Å²) >= 11 is 1.28. The van der Waals surface area contributed by atoms with Crippen molar-refractivity contribution in [3.63, 3.8) is 0 Å². The van der Waals surface area contributed by atoms with E-state index in [1.165, 1.54) is 17.8 Å². The normalized spacial score (nSPS) is 16.2. The fourth-order valence-electron chi connectivity index (χ4n) is 3.29. The van der Waals surface area contributed by atoms with Crippen molar-refractivity contribution < 1.29 is 9.72 Å². The number of nitro benzene ring substituents is 1. The lowest BCUT2D eigenvalue weighted by molar-refractivity contribution is -0.385. The zero-order valence-electron chi connectivity index (χ0n) is 17.7. The molecule has 1 saturated heterocycles. The number of amides is 1. The van der Waals surface area contributed by atoms with Gasteiger partial charge in [-0.3, -0.25) is 19.8 Å². The van der Waals surface area contributed by atoms with Gasteiger partial charge in [-0.15, -0.1) is 0 Å². The molecule has 1 aliphatic heterocycles. The largest absolute Gasteiger partial charge is 0.282 e. The summed E-state index contributed by atoms with van der Waals surface area (Å²) < 4.78 is 0. The van der Waals surface area contributed by atoms with Gasteiger partial charge in [-0.05, 0) is 54.9 Å².